The molecule has 0 aromatic carbocycles. The summed E-state index contributed by atoms with van der Waals surface area (Å²) < 4.78 is 41.3. The molecule has 3 nitrogen and oxygen atoms in total. The number of esters is 1. The number of hydrogen-bond donors (Lipinski definition) is 0. The molecule has 0 spiro atoms. The summed E-state index contributed by atoms with van der Waals surface area (Å²) in [4.78, 5) is 12.6. The first kappa shape index (κ1) is 13.3. The maximum Gasteiger partial charge on any atom is 0.401 e. The van der Waals surface area contributed by atoms with E-state index < -0.39 is 18.6 Å². The Labute approximate surface area is 92.5 Å². The molecule has 1 heterocycles. The van der Waals surface area contributed by atoms with E-state index in [1.54, 1.807) is 6.92 Å². The van der Waals surface area contributed by atoms with E-state index in [1.165, 1.54) is 4.90 Å². The molecule has 0 unspecified atom stereocenters. The van der Waals surface area contributed by atoms with Gasteiger partial charge in [-0.15, -0.1) is 0 Å². The third-order valence-electron chi connectivity index (χ3n) is 2.53. The summed E-state index contributed by atoms with van der Waals surface area (Å²) in [6, 6.07) is 0. The molecule has 1 fully saturated rings. The summed E-state index contributed by atoms with van der Waals surface area (Å²) in [5.41, 5.74) is 0. The van der Waals surface area contributed by atoms with E-state index in [0.29, 0.717) is 19.4 Å². The fraction of sp³-hybridized carbons (Fsp3) is 0.900. The average molecular weight is 239 g/mol. The zero-order valence-electron chi connectivity index (χ0n) is 9.22. The fourth-order valence-electron chi connectivity index (χ4n) is 1.91. The van der Waals surface area contributed by atoms with E-state index in [-0.39, 0.29) is 19.1 Å². The molecule has 0 aromatic rings. The molecule has 0 aliphatic carbocycles. The minimum absolute atomic E-state index is 0.151. The quantitative estimate of drug-likeness (QED) is 0.704. The van der Waals surface area contributed by atoms with Crippen LogP contribution in [0, 0.1) is 5.92 Å². The predicted octanol–water partition coefficient (Wildman–Crippen LogP) is 1.82. The molecule has 0 radical (unpaired) electrons. The molecule has 0 bridgehead atoms. The van der Waals surface area contributed by atoms with Gasteiger partial charge < -0.3 is 4.74 Å². The number of piperidine rings is 1. The van der Waals surface area contributed by atoms with E-state index >= 15 is 0 Å². The summed E-state index contributed by atoms with van der Waals surface area (Å²) in [6.45, 7) is 1.57. The van der Waals surface area contributed by atoms with E-state index in [0.717, 1.165) is 0 Å². The molecule has 1 atom stereocenters. The van der Waals surface area contributed by atoms with Crippen LogP contribution >= 0.6 is 0 Å². The van der Waals surface area contributed by atoms with Gasteiger partial charge in [0, 0.05) is 6.54 Å². The lowest BCUT2D eigenvalue weighted by molar-refractivity contribution is -0.160. The van der Waals surface area contributed by atoms with Gasteiger partial charge in [0.15, 0.2) is 0 Å². The number of likely N-dealkylation sites (tertiary alicyclic amines) is 1. The van der Waals surface area contributed by atoms with Crippen LogP contribution in [0.5, 0.6) is 0 Å². The lowest BCUT2D eigenvalue weighted by Gasteiger charge is -2.31. The molecule has 16 heavy (non-hydrogen) atoms. The Hall–Kier alpha value is -0.780. The van der Waals surface area contributed by atoms with Crippen LogP contribution in [0.4, 0.5) is 13.2 Å². The van der Waals surface area contributed by atoms with E-state index in [4.69, 9.17) is 4.74 Å². The first-order valence-corrected chi connectivity index (χ1v) is 5.38. The van der Waals surface area contributed by atoms with Crippen LogP contribution in [-0.2, 0) is 9.53 Å². The number of ether oxygens (including phenoxy) is 1. The molecule has 0 aromatic heterocycles. The molecule has 0 N–H and O–H groups in total. The van der Waals surface area contributed by atoms with Gasteiger partial charge in [-0.25, -0.2) is 0 Å². The van der Waals surface area contributed by atoms with Crippen LogP contribution in [-0.4, -0.2) is 43.3 Å². The first-order valence-electron chi connectivity index (χ1n) is 5.38. The molecule has 6 heteroatoms. The molecule has 0 saturated carbocycles. The zero-order chi connectivity index (χ0) is 12.2. The van der Waals surface area contributed by atoms with Crippen LogP contribution in [0.25, 0.3) is 0 Å². The number of carbonyl (C=O) groups excluding carboxylic acids is 1. The molecular weight excluding hydrogens is 223 g/mol. The number of carbonyl (C=O) groups is 1. The largest absolute Gasteiger partial charge is 0.466 e. The van der Waals surface area contributed by atoms with E-state index in [2.05, 4.69) is 0 Å². The summed E-state index contributed by atoms with van der Waals surface area (Å²) in [6.07, 6.45) is -2.97. The molecular formula is C10H16F3NO2. The lowest BCUT2D eigenvalue weighted by atomic mass is 9.98. The van der Waals surface area contributed by atoms with Gasteiger partial charge in [0.05, 0.1) is 19.1 Å². The number of hydrogen-bond acceptors (Lipinski definition) is 3. The Balaban J connectivity index is 2.44. The Bertz CT molecular complexity index is 243. The molecule has 1 aliphatic rings. The third kappa shape index (κ3) is 4.38. The van der Waals surface area contributed by atoms with Crippen molar-refractivity contribution in [2.75, 3.05) is 26.2 Å². The predicted molar refractivity (Wildman–Crippen MR) is 51.9 cm³/mol. The van der Waals surface area contributed by atoms with Crippen molar-refractivity contribution in [3.8, 4) is 0 Å². The molecule has 1 aliphatic heterocycles. The number of nitrogens with zero attached hydrogens (tertiary/aromatic N) is 1. The van der Waals surface area contributed by atoms with Gasteiger partial charge in [-0.1, -0.05) is 0 Å². The van der Waals surface area contributed by atoms with Gasteiger partial charge in [-0.2, -0.15) is 13.2 Å². The minimum Gasteiger partial charge on any atom is -0.466 e. The van der Waals surface area contributed by atoms with Crippen molar-refractivity contribution < 1.29 is 22.7 Å². The van der Waals surface area contributed by atoms with Crippen molar-refractivity contribution in [1.82, 2.24) is 4.90 Å². The van der Waals surface area contributed by atoms with Gasteiger partial charge in [0.25, 0.3) is 0 Å². The van der Waals surface area contributed by atoms with Gasteiger partial charge in [0.1, 0.15) is 0 Å². The van der Waals surface area contributed by atoms with Crippen LogP contribution in [0.2, 0.25) is 0 Å². The second-order valence-electron chi connectivity index (χ2n) is 3.94. The smallest absolute Gasteiger partial charge is 0.401 e. The normalized spacial score (nSPS) is 23.1. The van der Waals surface area contributed by atoms with E-state index in [1.807, 2.05) is 0 Å². The van der Waals surface area contributed by atoms with E-state index in [9.17, 15) is 18.0 Å². The van der Waals surface area contributed by atoms with Crippen LogP contribution < -0.4 is 0 Å². The van der Waals surface area contributed by atoms with Crippen molar-refractivity contribution in [1.29, 1.82) is 0 Å². The number of halogens is 3. The van der Waals surface area contributed by atoms with Crippen LogP contribution in [0.15, 0.2) is 0 Å². The summed E-state index contributed by atoms with van der Waals surface area (Å²) >= 11 is 0. The average Bonchev–Trinajstić information content (AvgIpc) is 2.16. The lowest BCUT2D eigenvalue weighted by Crippen LogP contribution is -2.43. The highest BCUT2D eigenvalue weighted by atomic mass is 19.4. The zero-order valence-corrected chi connectivity index (χ0v) is 9.22. The summed E-state index contributed by atoms with van der Waals surface area (Å²) in [5.74, 6) is -0.787. The van der Waals surface area contributed by atoms with Crippen molar-refractivity contribution in [3.05, 3.63) is 0 Å². The molecule has 0 amide bonds. The SMILES string of the molecule is CCOC(=O)[C@@H]1CCCN(CC(F)(F)F)C1. The Morgan fingerprint density at radius 3 is 2.75 bits per heavy atom. The summed E-state index contributed by atoms with van der Waals surface area (Å²) in [5, 5.41) is 0. The minimum atomic E-state index is -4.20. The van der Waals surface area contributed by atoms with Crippen molar-refractivity contribution in [2.24, 2.45) is 5.92 Å². The highest BCUT2D eigenvalue weighted by Crippen LogP contribution is 2.22. The third-order valence-corrected chi connectivity index (χ3v) is 2.53. The molecule has 1 rings (SSSR count). The van der Waals surface area contributed by atoms with Crippen molar-refractivity contribution >= 4 is 5.97 Å². The highest BCUT2D eigenvalue weighted by molar-refractivity contribution is 5.72. The Kier molecular flexibility index (Phi) is 4.58. The maximum absolute atomic E-state index is 12.2. The Morgan fingerprint density at radius 2 is 2.19 bits per heavy atom. The Morgan fingerprint density at radius 1 is 1.50 bits per heavy atom. The van der Waals surface area contributed by atoms with Crippen LogP contribution in [0.1, 0.15) is 19.8 Å². The topological polar surface area (TPSA) is 29.5 Å². The number of rotatable bonds is 3. The van der Waals surface area contributed by atoms with Crippen LogP contribution in [0.3, 0.4) is 0 Å². The standard InChI is InChI=1S/C10H16F3NO2/c1-2-16-9(15)8-4-3-5-14(6-8)7-10(11,12)13/h8H,2-7H2,1H3/t8-/m1/s1. The maximum atomic E-state index is 12.2. The second kappa shape index (κ2) is 5.52. The van der Waals surface area contributed by atoms with Gasteiger partial charge in [-0.3, -0.25) is 9.69 Å². The number of alkyl halides is 3. The molecule has 1 saturated heterocycles. The van der Waals surface area contributed by atoms with Gasteiger partial charge in [0.2, 0.25) is 0 Å². The van der Waals surface area contributed by atoms with Gasteiger partial charge >= 0.3 is 12.1 Å². The van der Waals surface area contributed by atoms with Crippen molar-refractivity contribution in [2.45, 2.75) is 25.9 Å². The second-order valence-corrected chi connectivity index (χ2v) is 3.94. The molecule has 94 valence electrons. The monoisotopic (exact) mass is 239 g/mol. The van der Waals surface area contributed by atoms with Crippen molar-refractivity contribution in [3.63, 3.8) is 0 Å². The fourth-order valence-corrected chi connectivity index (χ4v) is 1.91. The highest BCUT2D eigenvalue weighted by Gasteiger charge is 2.34. The summed E-state index contributed by atoms with van der Waals surface area (Å²) in [7, 11) is 0. The first-order chi connectivity index (χ1) is 7.42. The van der Waals surface area contributed by atoms with Gasteiger partial charge in [-0.05, 0) is 26.3 Å².